The van der Waals surface area contributed by atoms with Crippen molar-refractivity contribution in [2.45, 2.75) is 12.4 Å². The lowest BCUT2D eigenvalue weighted by molar-refractivity contribution is -0.0527. The van der Waals surface area contributed by atoms with Crippen LogP contribution in [-0.4, -0.2) is 52.9 Å². The van der Waals surface area contributed by atoms with Crippen LogP contribution in [0.3, 0.4) is 0 Å². The Kier molecular flexibility index (Phi) is 7.16. The van der Waals surface area contributed by atoms with Crippen molar-refractivity contribution in [2.24, 2.45) is 0 Å². The number of ether oxygens (including phenoxy) is 2. The number of phenolic OH excluding ortho intramolecular Hbond substituents is 1. The SMILES string of the molecule is COc1cccc(O)c1-n1c(C(=O)NS(=O)(=O)Cc2ccccc2)nnc1-c1c#ccc(OC(F)F)n1. The van der Waals surface area contributed by atoms with Crippen LogP contribution >= 0.6 is 0 Å². The minimum Gasteiger partial charge on any atom is -0.506 e. The monoisotopic (exact) mass is 529 g/mol. The van der Waals surface area contributed by atoms with Gasteiger partial charge in [-0.15, -0.1) is 10.2 Å². The molecule has 4 aromatic rings. The van der Waals surface area contributed by atoms with Gasteiger partial charge in [-0.25, -0.2) is 18.1 Å². The van der Waals surface area contributed by atoms with Crippen LogP contribution in [0.25, 0.3) is 17.2 Å². The quantitative estimate of drug-likeness (QED) is 0.334. The van der Waals surface area contributed by atoms with Crippen molar-refractivity contribution in [3.8, 4) is 34.6 Å². The fourth-order valence-corrected chi connectivity index (χ4v) is 4.38. The number of alkyl halides is 2. The number of sulfonamides is 1. The number of benzene rings is 2. The van der Waals surface area contributed by atoms with Gasteiger partial charge < -0.3 is 14.6 Å². The molecular formula is C23H17F2N5O6S. The summed E-state index contributed by atoms with van der Waals surface area (Å²) in [7, 11) is -2.90. The molecule has 2 aromatic carbocycles. The Bertz CT molecular complexity index is 1530. The first-order chi connectivity index (χ1) is 17.7. The van der Waals surface area contributed by atoms with Crippen molar-refractivity contribution in [2.75, 3.05) is 7.11 Å². The van der Waals surface area contributed by atoms with Crippen molar-refractivity contribution >= 4 is 15.9 Å². The van der Waals surface area contributed by atoms with Gasteiger partial charge in [0.25, 0.3) is 0 Å². The van der Waals surface area contributed by atoms with E-state index in [0.717, 1.165) is 10.6 Å². The molecule has 0 spiro atoms. The number of halogens is 2. The maximum atomic E-state index is 13.1. The molecule has 0 saturated carbocycles. The van der Waals surface area contributed by atoms with Gasteiger partial charge in [-0.2, -0.15) is 8.78 Å². The highest BCUT2D eigenvalue weighted by molar-refractivity contribution is 7.89. The van der Waals surface area contributed by atoms with E-state index in [-0.39, 0.29) is 23.0 Å². The van der Waals surface area contributed by atoms with Crippen LogP contribution in [0.1, 0.15) is 16.2 Å². The van der Waals surface area contributed by atoms with Crippen molar-refractivity contribution in [3.05, 3.63) is 78.1 Å². The molecule has 0 radical (unpaired) electrons. The molecule has 0 bridgehead atoms. The van der Waals surface area contributed by atoms with Crippen LogP contribution in [0.4, 0.5) is 8.78 Å². The van der Waals surface area contributed by atoms with Crippen LogP contribution in [-0.2, 0) is 15.8 Å². The molecule has 0 aliphatic rings. The summed E-state index contributed by atoms with van der Waals surface area (Å²) in [5.41, 5.74) is 0.0330. The number of aromatic hydroxyl groups is 1. The average Bonchev–Trinajstić information content (AvgIpc) is 3.28. The number of hydrogen-bond acceptors (Lipinski definition) is 9. The second-order valence-corrected chi connectivity index (χ2v) is 9.00. The minimum absolute atomic E-state index is 0.0474. The normalized spacial score (nSPS) is 11.1. The third kappa shape index (κ3) is 5.73. The predicted molar refractivity (Wildman–Crippen MR) is 124 cm³/mol. The zero-order valence-corrected chi connectivity index (χ0v) is 19.7. The van der Waals surface area contributed by atoms with Gasteiger partial charge in [-0.3, -0.25) is 9.36 Å². The topological polar surface area (TPSA) is 146 Å². The maximum absolute atomic E-state index is 13.1. The number of phenols is 1. The lowest BCUT2D eigenvalue weighted by Crippen LogP contribution is -2.33. The van der Waals surface area contributed by atoms with Crippen LogP contribution < -0.4 is 14.2 Å². The molecule has 1 amide bonds. The van der Waals surface area contributed by atoms with E-state index in [1.807, 2.05) is 4.72 Å². The lowest BCUT2D eigenvalue weighted by atomic mass is 10.2. The van der Waals surface area contributed by atoms with E-state index in [1.165, 1.54) is 25.3 Å². The number of hydrogen-bond donors (Lipinski definition) is 2. The molecule has 2 aromatic heterocycles. The fourth-order valence-electron chi connectivity index (χ4n) is 3.31. The first-order valence-corrected chi connectivity index (χ1v) is 12.0. The zero-order chi connectivity index (χ0) is 26.6. The number of aromatic nitrogens is 4. The largest absolute Gasteiger partial charge is 0.506 e. The number of nitrogens with one attached hydrogen (secondary N) is 1. The molecule has 0 saturated heterocycles. The highest BCUT2D eigenvalue weighted by Gasteiger charge is 2.29. The van der Waals surface area contributed by atoms with Gasteiger partial charge in [0.05, 0.1) is 18.9 Å². The number of methoxy groups -OCH3 is 1. The van der Waals surface area contributed by atoms with Gasteiger partial charge in [-0.1, -0.05) is 42.5 Å². The first-order valence-electron chi connectivity index (χ1n) is 10.3. The second kappa shape index (κ2) is 10.5. The van der Waals surface area contributed by atoms with Gasteiger partial charge in [-0.05, 0) is 23.8 Å². The summed E-state index contributed by atoms with van der Waals surface area (Å²) < 4.78 is 63.2. The summed E-state index contributed by atoms with van der Waals surface area (Å²) in [6.45, 7) is -3.18. The van der Waals surface area contributed by atoms with E-state index < -0.39 is 45.7 Å². The summed E-state index contributed by atoms with van der Waals surface area (Å²) in [4.78, 5) is 17.0. The standard InChI is InChI=1S/C23H17F2N5O6S/c1-35-17-11-6-10-16(31)19(17)30-20(15-9-5-12-18(26-15)36-23(24)25)27-28-21(30)22(32)29-37(33,34)13-14-7-3-2-4-8-14/h2-4,6-8,10-12,23,31H,13H2,1H3,(H,29,32). The third-order valence-electron chi connectivity index (χ3n) is 4.76. The maximum Gasteiger partial charge on any atom is 0.388 e. The molecule has 0 unspecified atom stereocenters. The summed E-state index contributed by atoms with van der Waals surface area (Å²) in [6.07, 6.45) is 0. The van der Waals surface area contributed by atoms with Gasteiger partial charge in [0.1, 0.15) is 17.2 Å². The third-order valence-corrected chi connectivity index (χ3v) is 5.97. The average molecular weight is 529 g/mol. The molecule has 37 heavy (non-hydrogen) atoms. The van der Waals surface area contributed by atoms with Crippen LogP contribution in [0.2, 0.25) is 0 Å². The van der Waals surface area contributed by atoms with Crippen LogP contribution in [0, 0.1) is 12.1 Å². The van der Waals surface area contributed by atoms with E-state index in [4.69, 9.17) is 4.74 Å². The molecule has 0 aliphatic heterocycles. The Hall–Kier alpha value is -4.77. The molecule has 14 heteroatoms. The molecule has 190 valence electrons. The van der Waals surface area contributed by atoms with Gasteiger partial charge in [0, 0.05) is 0 Å². The molecule has 2 N–H and O–H groups in total. The Balaban J connectivity index is 1.81. The van der Waals surface area contributed by atoms with Gasteiger partial charge >= 0.3 is 12.5 Å². The highest BCUT2D eigenvalue weighted by atomic mass is 32.2. The molecule has 11 nitrogen and oxygen atoms in total. The number of amides is 1. The molecule has 4 rings (SSSR count). The number of rotatable bonds is 9. The first kappa shape index (κ1) is 25.3. The number of carbonyl (C=O) groups excluding carboxylic acids is 1. The van der Waals surface area contributed by atoms with Gasteiger partial charge in [0.2, 0.25) is 21.7 Å². The van der Waals surface area contributed by atoms with E-state index in [9.17, 15) is 27.1 Å². The Morgan fingerprint density at radius 2 is 1.92 bits per heavy atom. The van der Waals surface area contributed by atoms with E-state index in [2.05, 4.69) is 32.1 Å². The van der Waals surface area contributed by atoms with Crippen molar-refractivity contribution < 1.29 is 36.6 Å². The molecule has 2 heterocycles. The molecule has 0 aliphatic carbocycles. The van der Waals surface area contributed by atoms with Crippen molar-refractivity contribution in [1.29, 1.82) is 0 Å². The Morgan fingerprint density at radius 3 is 2.62 bits per heavy atom. The van der Waals surface area contributed by atoms with Crippen LogP contribution in [0.5, 0.6) is 17.4 Å². The predicted octanol–water partition coefficient (Wildman–Crippen LogP) is 2.51. The number of carbonyl (C=O) groups is 1. The summed E-state index contributed by atoms with van der Waals surface area (Å²) >= 11 is 0. The zero-order valence-electron chi connectivity index (χ0n) is 18.9. The van der Waals surface area contributed by atoms with Crippen LogP contribution in [0.15, 0.2) is 54.6 Å². The smallest absolute Gasteiger partial charge is 0.388 e. The van der Waals surface area contributed by atoms with E-state index in [0.29, 0.717) is 5.56 Å². The lowest BCUT2D eigenvalue weighted by Gasteiger charge is -2.15. The highest BCUT2D eigenvalue weighted by Crippen LogP contribution is 2.35. The molecule has 0 fully saturated rings. The Labute approximate surface area is 209 Å². The molecular weight excluding hydrogens is 512 g/mol. The number of nitrogens with zero attached hydrogens (tertiary/aromatic N) is 4. The van der Waals surface area contributed by atoms with Crippen molar-refractivity contribution in [3.63, 3.8) is 0 Å². The molecule has 0 atom stereocenters. The summed E-state index contributed by atoms with van der Waals surface area (Å²) in [5.74, 6) is -3.43. The second-order valence-electron chi connectivity index (χ2n) is 7.28. The Morgan fingerprint density at radius 1 is 1.16 bits per heavy atom. The fraction of sp³-hybridized carbons (Fsp3) is 0.130. The summed E-state index contributed by atoms with van der Waals surface area (Å²) in [5, 5.41) is 18.2. The summed E-state index contributed by atoms with van der Waals surface area (Å²) in [6, 6.07) is 18.3. The van der Waals surface area contributed by atoms with Gasteiger partial charge in [0.15, 0.2) is 11.5 Å². The van der Waals surface area contributed by atoms with E-state index >= 15 is 0 Å². The number of para-hydroxylation sites is 1. The minimum atomic E-state index is -4.19. The van der Waals surface area contributed by atoms with Crippen molar-refractivity contribution in [1.82, 2.24) is 24.5 Å². The van der Waals surface area contributed by atoms with E-state index in [1.54, 1.807) is 30.3 Å².